The van der Waals surface area contributed by atoms with E-state index >= 15 is 0 Å². The summed E-state index contributed by atoms with van der Waals surface area (Å²) >= 11 is 0. The lowest BCUT2D eigenvalue weighted by atomic mass is 10.1. The SMILES string of the molecule is O=C(OC(O)Cc1ccccc1)C1C=CCC1. The van der Waals surface area contributed by atoms with Crippen molar-refractivity contribution in [2.24, 2.45) is 5.92 Å². The van der Waals surface area contributed by atoms with Crippen LogP contribution in [0.15, 0.2) is 42.5 Å². The second-order valence-electron chi connectivity index (χ2n) is 4.19. The van der Waals surface area contributed by atoms with Crippen LogP contribution in [0.2, 0.25) is 0 Å². The van der Waals surface area contributed by atoms with Crippen LogP contribution in [0.5, 0.6) is 0 Å². The van der Waals surface area contributed by atoms with Crippen LogP contribution < -0.4 is 0 Å². The Bertz CT molecular complexity index is 397. The largest absolute Gasteiger partial charge is 0.435 e. The Labute approximate surface area is 101 Å². The minimum absolute atomic E-state index is 0.180. The molecular weight excluding hydrogens is 216 g/mol. The highest BCUT2D eigenvalue weighted by Crippen LogP contribution is 2.19. The molecule has 0 amide bonds. The first-order valence-corrected chi connectivity index (χ1v) is 5.85. The van der Waals surface area contributed by atoms with Crippen LogP contribution in [0.4, 0.5) is 0 Å². The summed E-state index contributed by atoms with van der Waals surface area (Å²) in [6, 6.07) is 9.48. The molecule has 3 heteroatoms. The molecule has 0 fully saturated rings. The summed E-state index contributed by atoms with van der Waals surface area (Å²) < 4.78 is 5.00. The van der Waals surface area contributed by atoms with Gasteiger partial charge in [0.2, 0.25) is 6.29 Å². The maximum atomic E-state index is 11.6. The Morgan fingerprint density at radius 2 is 2.18 bits per heavy atom. The van der Waals surface area contributed by atoms with Gasteiger partial charge in [0.25, 0.3) is 0 Å². The van der Waals surface area contributed by atoms with Gasteiger partial charge in [0, 0.05) is 6.42 Å². The van der Waals surface area contributed by atoms with Gasteiger partial charge in [0.15, 0.2) is 0 Å². The third-order valence-corrected chi connectivity index (χ3v) is 2.82. The summed E-state index contributed by atoms with van der Waals surface area (Å²) in [5, 5.41) is 9.67. The summed E-state index contributed by atoms with van der Waals surface area (Å²) in [5.74, 6) is -0.511. The molecule has 2 unspecified atom stereocenters. The zero-order valence-corrected chi connectivity index (χ0v) is 9.58. The van der Waals surface area contributed by atoms with Crippen molar-refractivity contribution in [2.45, 2.75) is 25.6 Å². The summed E-state index contributed by atoms with van der Waals surface area (Å²) in [6.07, 6.45) is 4.79. The Morgan fingerprint density at radius 1 is 1.41 bits per heavy atom. The van der Waals surface area contributed by atoms with E-state index < -0.39 is 6.29 Å². The lowest BCUT2D eigenvalue weighted by Gasteiger charge is -2.14. The number of carbonyl (C=O) groups is 1. The first-order chi connectivity index (χ1) is 8.25. The molecule has 0 aromatic heterocycles. The van der Waals surface area contributed by atoms with Crippen molar-refractivity contribution in [3.8, 4) is 0 Å². The molecule has 0 saturated heterocycles. The second kappa shape index (κ2) is 5.64. The maximum Gasteiger partial charge on any atom is 0.315 e. The molecule has 1 N–H and O–H groups in total. The molecule has 0 radical (unpaired) electrons. The number of hydrogen-bond acceptors (Lipinski definition) is 3. The molecule has 1 aliphatic rings. The summed E-state index contributed by atoms with van der Waals surface area (Å²) in [5.41, 5.74) is 0.953. The van der Waals surface area contributed by atoms with E-state index in [9.17, 15) is 9.90 Å². The van der Waals surface area contributed by atoms with E-state index in [4.69, 9.17) is 4.74 Å². The molecule has 0 saturated carbocycles. The fraction of sp³-hybridized carbons (Fsp3) is 0.357. The number of carbonyl (C=O) groups excluding carboxylic acids is 1. The quantitative estimate of drug-likeness (QED) is 0.491. The molecule has 1 aromatic carbocycles. The number of esters is 1. The van der Waals surface area contributed by atoms with Crippen molar-refractivity contribution in [2.75, 3.05) is 0 Å². The summed E-state index contributed by atoms with van der Waals surface area (Å²) in [4.78, 5) is 11.6. The Kier molecular flexibility index (Phi) is 3.94. The molecule has 1 aliphatic carbocycles. The van der Waals surface area contributed by atoms with Crippen molar-refractivity contribution in [1.82, 2.24) is 0 Å². The number of hydrogen-bond donors (Lipinski definition) is 1. The topological polar surface area (TPSA) is 46.5 Å². The number of aliphatic hydroxyl groups excluding tert-OH is 1. The zero-order valence-electron chi connectivity index (χ0n) is 9.58. The van der Waals surface area contributed by atoms with Gasteiger partial charge < -0.3 is 9.84 Å². The van der Waals surface area contributed by atoms with Crippen molar-refractivity contribution < 1.29 is 14.6 Å². The van der Waals surface area contributed by atoms with E-state index in [2.05, 4.69) is 0 Å². The molecule has 0 bridgehead atoms. The number of benzene rings is 1. The minimum atomic E-state index is -1.06. The molecule has 90 valence electrons. The van der Waals surface area contributed by atoms with Gasteiger partial charge in [0.05, 0.1) is 5.92 Å². The van der Waals surface area contributed by atoms with E-state index in [1.807, 2.05) is 42.5 Å². The monoisotopic (exact) mass is 232 g/mol. The fourth-order valence-corrected chi connectivity index (χ4v) is 1.91. The van der Waals surface area contributed by atoms with Gasteiger partial charge in [-0.15, -0.1) is 0 Å². The Hall–Kier alpha value is -1.61. The van der Waals surface area contributed by atoms with E-state index in [1.165, 1.54) is 0 Å². The van der Waals surface area contributed by atoms with Gasteiger partial charge in [-0.05, 0) is 18.4 Å². The standard InChI is InChI=1S/C14H16O3/c15-13(10-11-6-2-1-3-7-11)17-14(16)12-8-4-5-9-12/h1-4,6-8,12-13,15H,5,9-10H2. The molecule has 2 rings (SSSR count). The molecule has 0 heterocycles. The highest BCUT2D eigenvalue weighted by atomic mass is 16.6. The summed E-state index contributed by atoms with van der Waals surface area (Å²) in [7, 11) is 0. The van der Waals surface area contributed by atoms with Crippen LogP contribution >= 0.6 is 0 Å². The normalized spacial score (nSPS) is 20.2. The first kappa shape index (κ1) is 11.9. The molecule has 17 heavy (non-hydrogen) atoms. The third-order valence-electron chi connectivity index (χ3n) is 2.82. The number of aliphatic hydroxyl groups is 1. The van der Waals surface area contributed by atoms with Gasteiger partial charge in [-0.3, -0.25) is 4.79 Å². The number of ether oxygens (including phenoxy) is 1. The lowest BCUT2D eigenvalue weighted by Crippen LogP contribution is -2.24. The number of allylic oxidation sites excluding steroid dienone is 1. The molecular formula is C14H16O3. The van der Waals surface area contributed by atoms with Gasteiger partial charge in [-0.2, -0.15) is 0 Å². The molecule has 2 atom stereocenters. The van der Waals surface area contributed by atoms with Crippen molar-refractivity contribution >= 4 is 5.97 Å². The number of rotatable bonds is 4. The predicted octanol–water partition coefficient (Wildman–Crippen LogP) is 2.06. The van der Waals surface area contributed by atoms with Crippen LogP contribution in [0.3, 0.4) is 0 Å². The van der Waals surface area contributed by atoms with Gasteiger partial charge in [-0.25, -0.2) is 0 Å². The third kappa shape index (κ3) is 3.43. The minimum Gasteiger partial charge on any atom is -0.435 e. The van der Waals surface area contributed by atoms with Crippen molar-refractivity contribution in [3.05, 3.63) is 48.0 Å². The van der Waals surface area contributed by atoms with Crippen LogP contribution in [0.1, 0.15) is 18.4 Å². The van der Waals surface area contributed by atoms with E-state index in [0.717, 1.165) is 18.4 Å². The average molecular weight is 232 g/mol. The van der Waals surface area contributed by atoms with Crippen LogP contribution in [0, 0.1) is 5.92 Å². The van der Waals surface area contributed by atoms with Crippen LogP contribution in [-0.4, -0.2) is 17.4 Å². The maximum absolute atomic E-state index is 11.6. The smallest absolute Gasteiger partial charge is 0.315 e. The van der Waals surface area contributed by atoms with Gasteiger partial charge in [-0.1, -0.05) is 42.5 Å². The predicted molar refractivity (Wildman–Crippen MR) is 64.1 cm³/mol. The van der Waals surface area contributed by atoms with Gasteiger partial charge in [0.1, 0.15) is 0 Å². The fourth-order valence-electron chi connectivity index (χ4n) is 1.91. The first-order valence-electron chi connectivity index (χ1n) is 5.85. The summed E-state index contributed by atoms with van der Waals surface area (Å²) in [6.45, 7) is 0. The second-order valence-corrected chi connectivity index (χ2v) is 4.19. The molecule has 3 nitrogen and oxygen atoms in total. The molecule has 0 spiro atoms. The van der Waals surface area contributed by atoms with E-state index in [0.29, 0.717) is 6.42 Å². The molecule has 1 aromatic rings. The highest BCUT2D eigenvalue weighted by Gasteiger charge is 2.22. The highest BCUT2D eigenvalue weighted by molar-refractivity contribution is 5.75. The Balaban J connectivity index is 1.83. The van der Waals surface area contributed by atoms with Gasteiger partial charge >= 0.3 is 5.97 Å². The lowest BCUT2D eigenvalue weighted by molar-refractivity contribution is -0.170. The van der Waals surface area contributed by atoms with Crippen LogP contribution in [-0.2, 0) is 16.0 Å². The van der Waals surface area contributed by atoms with Crippen molar-refractivity contribution in [3.63, 3.8) is 0 Å². The Morgan fingerprint density at radius 3 is 2.82 bits per heavy atom. The molecule has 0 aliphatic heterocycles. The van der Waals surface area contributed by atoms with Crippen molar-refractivity contribution in [1.29, 1.82) is 0 Å². The van der Waals surface area contributed by atoms with Crippen LogP contribution in [0.25, 0.3) is 0 Å². The van der Waals surface area contributed by atoms with E-state index in [-0.39, 0.29) is 11.9 Å². The van der Waals surface area contributed by atoms with E-state index in [1.54, 1.807) is 0 Å². The zero-order chi connectivity index (χ0) is 12.1. The average Bonchev–Trinajstić information content (AvgIpc) is 2.83.